The molecule has 0 aliphatic carbocycles. The molecule has 4 aromatic carbocycles. The van der Waals surface area contributed by atoms with E-state index in [0.29, 0.717) is 0 Å². The molecule has 0 spiro atoms. The average Bonchev–Trinajstić information content (AvgIpc) is 2.87. The van der Waals surface area contributed by atoms with Gasteiger partial charge in [-0.25, -0.2) is 0 Å². The maximum Gasteiger partial charge on any atom is 0.673 e. The van der Waals surface area contributed by atoms with Crippen molar-refractivity contribution < 1.29 is 34.5 Å². The highest BCUT2D eigenvalue weighted by atomic mass is 32.2. The van der Waals surface area contributed by atoms with E-state index in [4.69, 9.17) is 0 Å². The van der Waals surface area contributed by atoms with Crippen molar-refractivity contribution >= 4 is 48.6 Å². The predicted octanol–water partition coefficient (Wildman–Crippen LogP) is 7.99. The average molecular weight is 588 g/mol. The van der Waals surface area contributed by atoms with Gasteiger partial charge in [-0.15, -0.1) is 0 Å². The molecule has 0 saturated heterocycles. The van der Waals surface area contributed by atoms with Crippen molar-refractivity contribution in [3.63, 3.8) is 0 Å². The van der Waals surface area contributed by atoms with Crippen molar-refractivity contribution in [1.29, 1.82) is 0 Å². The van der Waals surface area contributed by atoms with Crippen LogP contribution in [-0.2, 0) is 16.6 Å². The van der Waals surface area contributed by atoms with Crippen LogP contribution in [0.5, 0.6) is 0 Å². The molecule has 0 aromatic heterocycles. The third kappa shape index (κ3) is 12.3. The zero-order valence-corrected chi connectivity index (χ0v) is 22.7. The fraction of sp³-hybridized carbons (Fsp3) is 0.111. The minimum Gasteiger partial charge on any atom is -0.418 e. The summed E-state index contributed by atoms with van der Waals surface area (Å²) in [6.07, 6.45) is 2.44. The van der Waals surface area contributed by atoms with Crippen LogP contribution in [0.3, 0.4) is 0 Å². The molecule has 0 N–H and O–H groups in total. The van der Waals surface area contributed by atoms with E-state index in [0.717, 1.165) is 5.75 Å². The minimum absolute atomic E-state index is 0.258. The molecule has 0 aliphatic rings. The lowest BCUT2D eigenvalue weighted by Gasteiger charge is -2.26. The van der Waals surface area contributed by atoms with Gasteiger partial charge in [-0.05, 0) is 36.4 Å². The predicted molar refractivity (Wildman–Crippen MR) is 154 cm³/mol. The highest BCUT2D eigenvalue weighted by molar-refractivity contribution is 8.10. The number of benzene rings is 4. The molecule has 12 heteroatoms. The molecule has 1 atom stereocenters. The largest absolute Gasteiger partial charge is 0.673 e. The fourth-order valence-electron chi connectivity index (χ4n) is 3.95. The third-order valence-electron chi connectivity index (χ3n) is 5.26. The lowest BCUT2D eigenvalue weighted by Crippen LogP contribution is -2.35. The Morgan fingerprint density at radius 1 is 0.487 bits per heavy atom. The summed E-state index contributed by atoms with van der Waals surface area (Å²) in [5.74, 6) is 1.13. The highest BCUT2D eigenvalue weighted by Crippen LogP contribution is 2.56. The van der Waals surface area contributed by atoms with Crippen LogP contribution in [-0.4, -0.2) is 26.3 Å². The smallest absolute Gasteiger partial charge is 0.418 e. The number of hydrogen-bond donors (Lipinski definition) is 0. The summed E-state index contributed by atoms with van der Waals surface area (Å²) in [6, 6.07) is 44.5. The summed E-state index contributed by atoms with van der Waals surface area (Å²) in [6.45, 7) is 0. The van der Waals surface area contributed by atoms with Crippen LogP contribution >= 0.6 is 7.26 Å². The van der Waals surface area contributed by atoms with Gasteiger partial charge in [-0.2, -0.15) is 0 Å². The molecule has 0 aliphatic heterocycles. The molecule has 208 valence electrons. The summed E-state index contributed by atoms with van der Waals surface area (Å²) >= 11 is 0. The van der Waals surface area contributed by atoms with Gasteiger partial charge >= 0.3 is 14.5 Å². The first kappa shape index (κ1) is 32.4. The second-order valence-electron chi connectivity index (χ2n) is 8.35. The van der Waals surface area contributed by atoms with Crippen molar-refractivity contribution in [2.24, 2.45) is 0 Å². The molecule has 4 aromatic rings. The van der Waals surface area contributed by atoms with Crippen LogP contribution < -0.4 is 15.9 Å². The molecule has 0 heterocycles. The zero-order chi connectivity index (χ0) is 28.9. The van der Waals surface area contributed by atoms with Gasteiger partial charge in [-0.3, -0.25) is 0 Å². The minimum atomic E-state index is -6.00. The van der Waals surface area contributed by atoms with Crippen molar-refractivity contribution in [1.82, 2.24) is 0 Å². The van der Waals surface area contributed by atoms with Crippen molar-refractivity contribution in [2.45, 2.75) is 5.75 Å². The van der Waals surface area contributed by atoms with Crippen LogP contribution in [0.15, 0.2) is 121 Å². The normalized spacial score (nSPS) is 12.3. The second-order valence-corrected chi connectivity index (χ2v) is 14.4. The van der Waals surface area contributed by atoms with Crippen LogP contribution in [0, 0.1) is 0 Å². The highest BCUT2D eigenvalue weighted by Gasteiger charge is 2.50. The van der Waals surface area contributed by atoms with E-state index >= 15 is 0 Å². The number of hydrogen-bond acceptors (Lipinski definition) is 0. The van der Waals surface area contributed by atoms with Crippen molar-refractivity contribution in [3.8, 4) is 0 Å². The van der Waals surface area contributed by atoms with E-state index < -0.39 is 21.8 Å². The first-order valence-corrected chi connectivity index (χ1v) is 15.7. The topological polar surface area (TPSA) is 0 Å². The Bertz CT molecular complexity index is 1090. The van der Waals surface area contributed by atoms with Gasteiger partial charge in [0.2, 0.25) is 5.49 Å². The van der Waals surface area contributed by atoms with E-state index in [1.54, 1.807) is 0 Å². The van der Waals surface area contributed by atoms with Gasteiger partial charge in [0.15, 0.2) is 7.26 Å². The van der Waals surface area contributed by atoms with Gasteiger partial charge in [0.25, 0.3) is 0 Å². The van der Waals surface area contributed by atoms with E-state index in [1.165, 1.54) is 27.0 Å². The molecular weight excluding hydrogens is 561 g/mol. The quantitative estimate of drug-likeness (QED) is 0.0890. The third-order valence-corrected chi connectivity index (χ3v) is 12.9. The molecule has 0 radical (unpaired) electrons. The molecule has 1 unspecified atom stereocenters. The Kier molecular flexibility index (Phi) is 12.6. The Morgan fingerprint density at radius 2 is 0.744 bits per heavy atom. The van der Waals surface area contributed by atoms with E-state index in [2.05, 4.69) is 128 Å². The van der Waals surface area contributed by atoms with Gasteiger partial charge in [0.05, 0.1) is 0 Å². The lowest BCUT2D eigenvalue weighted by atomic mass is 10.2. The van der Waals surface area contributed by atoms with E-state index in [-0.39, 0.29) is 10.9 Å². The van der Waals surface area contributed by atoms with Crippen molar-refractivity contribution in [2.75, 3.05) is 11.7 Å². The SMILES string of the molecule is C[S+](Cc1ccccc1)C[P+](c1ccccc1)(c1ccccc1)c1ccccc1.F[B-](F)(F)F.F[B-](F)(F)F. The Morgan fingerprint density at radius 3 is 1.03 bits per heavy atom. The molecule has 0 amide bonds. The van der Waals surface area contributed by atoms with Crippen LogP contribution in [0.25, 0.3) is 0 Å². The van der Waals surface area contributed by atoms with Gasteiger partial charge < -0.3 is 34.5 Å². The lowest BCUT2D eigenvalue weighted by molar-refractivity contribution is 0.366. The van der Waals surface area contributed by atoms with Crippen molar-refractivity contribution in [3.05, 3.63) is 127 Å². The maximum absolute atomic E-state index is 9.75. The molecule has 0 nitrogen and oxygen atoms in total. The van der Waals surface area contributed by atoms with E-state index in [9.17, 15) is 34.5 Å². The van der Waals surface area contributed by atoms with E-state index in [1.807, 2.05) is 0 Å². The molecule has 4 rings (SSSR count). The molecule has 0 fully saturated rings. The monoisotopic (exact) mass is 588 g/mol. The second kappa shape index (κ2) is 15.1. The van der Waals surface area contributed by atoms with Gasteiger partial charge in [0.1, 0.15) is 27.9 Å². The summed E-state index contributed by atoms with van der Waals surface area (Å²) < 4.78 is 78.0. The van der Waals surface area contributed by atoms with Gasteiger partial charge in [0, 0.05) is 16.5 Å². The van der Waals surface area contributed by atoms with Crippen LogP contribution in [0.1, 0.15) is 5.56 Å². The molecular formula is C27H27B2F8PS. The standard InChI is InChI=1S/C27H27PS.2BF4/c1-29(22-24-14-6-2-7-15-24)23-28(25-16-8-3-9-17-25,26-18-10-4-11-19-26)27-20-12-5-13-21-27;2*2-1(3,4)5/h2-21H,22-23H2,1H3;;/q+2;2*-1. The fourth-order valence-corrected chi connectivity index (χ4v) is 12.5. The maximum atomic E-state index is 9.75. The Labute approximate surface area is 227 Å². The first-order valence-electron chi connectivity index (χ1n) is 11.7. The number of halogens is 8. The summed E-state index contributed by atoms with van der Waals surface area (Å²) in [4.78, 5) is 0. The van der Waals surface area contributed by atoms with Gasteiger partial charge in [-0.1, -0.05) is 84.9 Å². The molecule has 0 bridgehead atoms. The first-order chi connectivity index (χ1) is 18.3. The number of rotatable bonds is 7. The Hall–Kier alpha value is -2.77. The zero-order valence-electron chi connectivity index (χ0n) is 21.0. The summed E-state index contributed by atoms with van der Waals surface area (Å²) in [5.41, 5.74) is 2.63. The molecule has 39 heavy (non-hydrogen) atoms. The molecule has 0 saturated carbocycles. The van der Waals surface area contributed by atoms with Crippen LogP contribution in [0.4, 0.5) is 34.5 Å². The summed E-state index contributed by atoms with van der Waals surface area (Å²) in [7, 11) is -13.5. The summed E-state index contributed by atoms with van der Waals surface area (Å²) in [5, 5.41) is 4.43. The Balaban J connectivity index is 0.000000458. The van der Waals surface area contributed by atoms with Crippen LogP contribution in [0.2, 0.25) is 0 Å².